The number of thiazole rings is 1. The molecule has 0 spiro atoms. The maximum absolute atomic E-state index is 12.0. The second-order valence-electron chi connectivity index (χ2n) is 4.55. The van der Waals surface area contributed by atoms with Crippen LogP contribution in [0.5, 0.6) is 0 Å². The fourth-order valence-corrected chi connectivity index (χ4v) is 2.88. The predicted octanol–water partition coefficient (Wildman–Crippen LogP) is 0.457. The summed E-state index contributed by atoms with van der Waals surface area (Å²) in [6, 6.07) is 6.88. The molecule has 0 radical (unpaired) electrons. The summed E-state index contributed by atoms with van der Waals surface area (Å²) in [6.45, 7) is 0.366. The van der Waals surface area contributed by atoms with E-state index in [0.717, 1.165) is 15.2 Å². The molecule has 1 atom stereocenters. The molecule has 0 saturated carbocycles. The van der Waals surface area contributed by atoms with E-state index in [1.165, 1.54) is 16.2 Å². The molecule has 0 aliphatic rings. The van der Waals surface area contributed by atoms with Crippen LogP contribution < -0.4 is 11.5 Å². The number of carbonyl (C=O) groups is 2. The van der Waals surface area contributed by atoms with Gasteiger partial charge in [0, 0.05) is 7.05 Å². The van der Waals surface area contributed by atoms with Crippen molar-refractivity contribution < 1.29 is 9.59 Å². The zero-order valence-electron chi connectivity index (χ0n) is 11.1. The Morgan fingerprint density at radius 1 is 1.40 bits per heavy atom. The third-order valence-corrected chi connectivity index (χ3v) is 3.85. The fraction of sp³-hybridized carbons (Fsp3) is 0.308. The van der Waals surface area contributed by atoms with Gasteiger partial charge in [-0.1, -0.05) is 12.1 Å². The number of rotatable bonds is 5. The van der Waals surface area contributed by atoms with Crippen LogP contribution in [0.2, 0.25) is 0 Å². The molecule has 0 fully saturated rings. The van der Waals surface area contributed by atoms with Gasteiger partial charge in [-0.05, 0) is 12.1 Å². The number of aromatic nitrogens is 1. The minimum absolute atomic E-state index is 0.150. The molecule has 20 heavy (non-hydrogen) atoms. The molecular formula is C13H16N4O2S. The van der Waals surface area contributed by atoms with Crippen molar-refractivity contribution in [3.8, 4) is 0 Å². The second kappa shape index (κ2) is 5.98. The van der Waals surface area contributed by atoms with Gasteiger partial charge < -0.3 is 16.4 Å². The summed E-state index contributed by atoms with van der Waals surface area (Å²) in [5, 5.41) is 0.827. The first kappa shape index (κ1) is 14.4. The number of primary amides is 1. The number of nitrogens with zero attached hydrogens (tertiary/aromatic N) is 2. The first-order valence-corrected chi connectivity index (χ1v) is 6.92. The molecule has 0 aliphatic heterocycles. The van der Waals surface area contributed by atoms with Crippen molar-refractivity contribution in [2.24, 2.45) is 11.5 Å². The average Bonchev–Trinajstić information content (AvgIpc) is 2.78. The molecule has 0 aliphatic carbocycles. The van der Waals surface area contributed by atoms with E-state index in [1.807, 2.05) is 24.3 Å². The van der Waals surface area contributed by atoms with Crippen LogP contribution in [0.4, 0.5) is 0 Å². The van der Waals surface area contributed by atoms with Gasteiger partial charge in [0.25, 0.3) is 0 Å². The number of carbonyl (C=O) groups excluding carboxylic acids is 2. The van der Waals surface area contributed by atoms with Gasteiger partial charge in [0.05, 0.1) is 29.2 Å². The van der Waals surface area contributed by atoms with E-state index in [1.54, 1.807) is 7.05 Å². The highest BCUT2D eigenvalue weighted by molar-refractivity contribution is 7.18. The number of hydrogen-bond donors (Lipinski definition) is 2. The number of amides is 2. The van der Waals surface area contributed by atoms with Crippen molar-refractivity contribution in [2.75, 3.05) is 7.05 Å². The van der Waals surface area contributed by atoms with E-state index in [9.17, 15) is 9.59 Å². The molecule has 2 aromatic rings. The second-order valence-corrected chi connectivity index (χ2v) is 5.66. The third-order valence-electron chi connectivity index (χ3n) is 2.83. The molecule has 1 aromatic heterocycles. The van der Waals surface area contributed by atoms with Crippen molar-refractivity contribution in [1.29, 1.82) is 0 Å². The van der Waals surface area contributed by atoms with Crippen LogP contribution in [-0.4, -0.2) is 34.8 Å². The molecule has 0 bridgehead atoms. The number of para-hydroxylation sites is 1. The van der Waals surface area contributed by atoms with Crippen LogP contribution in [0.1, 0.15) is 11.4 Å². The quantitative estimate of drug-likeness (QED) is 0.835. The van der Waals surface area contributed by atoms with Gasteiger partial charge in [-0.15, -0.1) is 11.3 Å². The Morgan fingerprint density at radius 3 is 2.75 bits per heavy atom. The lowest BCUT2D eigenvalue weighted by Gasteiger charge is -2.19. The lowest BCUT2D eigenvalue weighted by molar-refractivity contribution is -0.133. The Kier molecular flexibility index (Phi) is 4.31. The average molecular weight is 292 g/mol. The summed E-state index contributed by atoms with van der Waals surface area (Å²) in [5.41, 5.74) is 11.6. The largest absolute Gasteiger partial charge is 0.370 e. The first-order chi connectivity index (χ1) is 9.47. The molecule has 1 aromatic carbocycles. The summed E-state index contributed by atoms with van der Waals surface area (Å²) in [5.74, 6) is -0.901. The molecule has 0 saturated heterocycles. The SMILES string of the molecule is CN(Cc1nc2ccccc2s1)C(=O)C(N)CC(N)=O. The number of hydrogen-bond acceptors (Lipinski definition) is 5. The maximum Gasteiger partial charge on any atom is 0.240 e. The van der Waals surface area contributed by atoms with Gasteiger partial charge in [-0.25, -0.2) is 4.98 Å². The van der Waals surface area contributed by atoms with Crippen molar-refractivity contribution in [2.45, 2.75) is 19.0 Å². The topological polar surface area (TPSA) is 102 Å². The van der Waals surface area contributed by atoms with Gasteiger partial charge in [0.2, 0.25) is 11.8 Å². The van der Waals surface area contributed by atoms with Gasteiger partial charge in [-0.2, -0.15) is 0 Å². The number of benzene rings is 1. The zero-order valence-corrected chi connectivity index (χ0v) is 11.9. The van der Waals surface area contributed by atoms with E-state index in [0.29, 0.717) is 6.54 Å². The molecule has 106 valence electrons. The van der Waals surface area contributed by atoms with Crippen LogP contribution in [0.15, 0.2) is 24.3 Å². The summed E-state index contributed by atoms with van der Waals surface area (Å²) in [7, 11) is 1.63. The summed E-state index contributed by atoms with van der Waals surface area (Å²) in [4.78, 5) is 28.7. The van der Waals surface area contributed by atoms with Crippen LogP contribution in [0, 0.1) is 0 Å². The Balaban J connectivity index is 2.05. The monoisotopic (exact) mass is 292 g/mol. The highest BCUT2D eigenvalue weighted by Gasteiger charge is 2.20. The standard InChI is InChI=1S/C13H16N4O2S/c1-17(13(19)8(14)6-11(15)18)7-12-16-9-4-2-3-5-10(9)20-12/h2-5,8H,6-7,14H2,1H3,(H2,15,18). The van der Waals surface area contributed by atoms with Crippen LogP contribution in [0.25, 0.3) is 10.2 Å². The molecule has 4 N–H and O–H groups in total. The maximum atomic E-state index is 12.0. The van der Waals surface area contributed by atoms with Gasteiger partial charge in [0.15, 0.2) is 0 Å². The van der Waals surface area contributed by atoms with Gasteiger partial charge >= 0.3 is 0 Å². The van der Waals surface area contributed by atoms with Crippen molar-refractivity contribution in [3.05, 3.63) is 29.3 Å². The number of fused-ring (bicyclic) bond motifs is 1. The highest BCUT2D eigenvalue weighted by Crippen LogP contribution is 2.22. The van der Waals surface area contributed by atoms with Crippen molar-refractivity contribution in [1.82, 2.24) is 9.88 Å². The van der Waals surface area contributed by atoms with E-state index in [-0.39, 0.29) is 12.3 Å². The smallest absolute Gasteiger partial charge is 0.240 e. The van der Waals surface area contributed by atoms with Crippen molar-refractivity contribution in [3.63, 3.8) is 0 Å². The van der Waals surface area contributed by atoms with Crippen LogP contribution in [0.3, 0.4) is 0 Å². The Bertz CT molecular complexity index is 607. The lowest BCUT2D eigenvalue weighted by atomic mass is 10.2. The van der Waals surface area contributed by atoms with Crippen LogP contribution >= 0.6 is 11.3 Å². The lowest BCUT2D eigenvalue weighted by Crippen LogP contribution is -2.43. The van der Waals surface area contributed by atoms with Gasteiger partial charge in [0.1, 0.15) is 5.01 Å². The first-order valence-electron chi connectivity index (χ1n) is 6.10. The molecule has 2 rings (SSSR count). The normalized spacial score (nSPS) is 12.3. The molecule has 1 heterocycles. The molecule has 2 amide bonds. The zero-order chi connectivity index (χ0) is 14.7. The van der Waals surface area contributed by atoms with E-state index >= 15 is 0 Å². The predicted molar refractivity (Wildman–Crippen MR) is 77.9 cm³/mol. The summed E-state index contributed by atoms with van der Waals surface area (Å²) >= 11 is 1.53. The number of likely N-dealkylation sites (N-methyl/N-ethyl adjacent to an activating group) is 1. The van der Waals surface area contributed by atoms with E-state index < -0.39 is 11.9 Å². The fourth-order valence-electron chi connectivity index (χ4n) is 1.86. The molecule has 7 heteroatoms. The van der Waals surface area contributed by atoms with Crippen molar-refractivity contribution >= 4 is 33.4 Å². The summed E-state index contributed by atoms with van der Waals surface area (Å²) < 4.78 is 1.07. The summed E-state index contributed by atoms with van der Waals surface area (Å²) in [6.07, 6.45) is -0.150. The Labute approximate surface area is 120 Å². The minimum atomic E-state index is -0.896. The molecule has 1 unspecified atom stereocenters. The van der Waals surface area contributed by atoms with E-state index in [2.05, 4.69) is 4.98 Å². The van der Waals surface area contributed by atoms with E-state index in [4.69, 9.17) is 11.5 Å². The number of nitrogens with two attached hydrogens (primary N) is 2. The van der Waals surface area contributed by atoms with Gasteiger partial charge in [-0.3, -0.25) is 9.59 Å². The third kappa shape index (κ3) is 3.31. The Morgan fingerprint density at radius 2 is 2.10 bits per heavy atom. The minimum Gasteiger partial charge on any atom is -0.370 e. The highest BCUT2D eigenvalue weighted by atomic mass is 32.1. The van der Waals surface area contributed by atoms with Crippen LogP contribution in [-0.2, 0) is 16.1 Å². The molecule has 6 nitrogen and oxygen atoms in total. The Hall–Kier alpha value is -1.99. The molecular weight excluding hydrogens is 276 g/mol.